The van der Waals surface area contributed by atoms with Gasteiger partial charge in [0, 0.05) is 32.4 Å². The van der Waals surface area contributed by atoms with Crippen LogP contribution in [0.5, 0.6) is 0 Å². The number of pyridine rings is 1. The number of nitrogens with one attached hydrogen (secondary N) is 1. The molecule has 128 valence electrons. The van der Waals surface area contributed by atoms with Gasteiger partial charge in [-0.25, -0.2) is 0 Å². The molecule has 3 nitrogen and oxygen atoms in total. The molecule has 3 aromatic rings. The predicted molar refractivity (Wildman–Crippen MR) is 104 cm³/mol. The maximum atomic E-state index is 4.82. The fourth-order valence-electron chi connectivity index (χ4n) is 3.69. The maximum absolute atomic E-state index is 4.82. The second-order valence-corrected chi connectivity index (χ2v) is 6.74. The Balaban J connectivity index is 1.77. The minimum Gasteiger partial charge on any atom is -0.314 e. The molecule has 1 N–H and O–H groups in total. The van der Waals surface area contributed by atoms with E-state index < -0.39 is 0 Å². The molecule has 2 heterocycles. The Morgan fingerprint density at radius 1 is 1.00 bits per heavy atom. The van der Waals surface area contributed by atoms with Crippen molar-refractivity contribution in [3.8, 4) is 0 Å². The number of hydrogen-bond acceptors (Lipinski definition) is 3. The summed E-state index contributed by atoms with van der Waals surface area (Å²) in [6, 6.07) is 20.1. The number of rotatable bonds is 4. The molecule has 1 fully saturated rings. The van der Waals surface area contributed by atoms with Crippen LogP contribution in [0.15, 0.2) is 60.8 Å². The molecule has 4 rings (SSSR count). The van der Waals surface area contributed by atoms with Crippen molar-refractivity contribution in [2.24, 2.45) is 0 Å². The first-order chi connectivity index (χ1) is 12.3. The lowest BCUT2D eigenvalue weighted by Crippen LogP contribution is -2.45. The lowest BCUT2D eigenvalue weighted by molar-refractivity contribution is 0.195. The first-order valence-corrected chi connectivity index (χ1v) is 9.23. The Morgan fingerprint density at radius 2 is 1.80 bits per heavy atom. The third-order valence-electron chi connectivity index (χ3n) is 5.14. The lowest BCUT2D eigenvalue weighted by atomic mass is 9.97. The van der Waals surface area contributed by atoms with Crippen molar-refractivity contribution in [1.82, 2.24) is 15.2 Å². The number of aromatic nitrogens is 1. The molecule has 0 bridgehead atoms. The molecule has 3 heteroatoms. The van der Waals surface area contributed by atoms with E-state index in [0.29, 0.717) is 0 Å². The molecular formula is C22H25N3. The molecule has 0 radical (unpaired) electrons. The number of fused-ring (bicyclic) bond motifs is 1. The molecule has 25 heavy (non-hydrogen) atoms. The summed E-state index contributed by atoms with van der Waals surface area (Å²) in [5, 5.41) is 6.05. The van der Waals surface area contributed by atoms with Gasteiger partial charge in [0.1, 0.15) is 0 Å². The van der Waals surface area contributed by atoms with Gasteiger partial charge >= 0.3 is 0 Å². The Kier molecular flexibility index (Phi) is 4.77. The molecule has 0 spiro atoms. The molecule has 1 aromatic heterocycles. The molecule has 0 amide bonds. The summed E-state index contributed by atoms with van der Waals surface area (Å²) in [5.74, 6) is 0. The highest BCUT2D eigenvalue weighted by atomic mass is 15.2. The molecule has 1 aliphatic heterocycles. The fourth-order valence-corrected chi connectivity index (χ4v) is 3.69. The quantitative estimate of drug-likeness (QED) is 0.788. The van der Waals surface area contributed by atoms with E-state index in [1.807, 2.05) is 6.20 Å². The first-order valence-electron chi connectivity index (χ1n) is 9.23. The molecule has 1 saturated heterocycles. The van der Waals surface area contributed by atoms with E-state index in [0.717, 1.165) is 38.3 Å². The second-order valence-electron chi connectivity index (χ2n) is 6.74. The van der Waals surface area contributed by atoms with Gasteiger partial charge in [-0.3, -0.25) is 9.88 Å². The summed E-state index contributed by atoms with van der Waals surface area (Å²) >= 11 is 0. The third-order valence-corrected chi connectivity index (χ3v) is 5.14. The van der Waals surface area contributed by atoms with Crippen LogP contribution in [0.2, 0.25) is 0 Å². The van der Waals surface area contributed by atoms with Crippen molar-refractivity contribution in [2.75, 3.05) is 26.2 Å². The average Bonchev–Trinajstić information content (AvgIpc) is 2.69. The molecule has 1 aliphatic rings. The van der Waals surface area contributed by atoms with Crippen molar-refractivity contribution in [3.05, 3.63) is 77.6 Å². The topological polar surface area (TPSA) is 28.2 Å². The zero-order valence-corrected chi connectivity index (χ0v) is 14.8. The zero-order valence-electron chi connectivity index (χ0n) is 14.8. The summed E-state index contributed by atoms with van der Waals surface area (Å²) in [5.41, 5.74) is 3.77. The number of piperazine rings is 1. The highest BCUT2D eigenvalue weighted by Crippen LogP contribution is 2.30. The van der Waals surface area contributed by atoms with Gasteiger partial charge in [-0.15, -0.1) is 0 Å². The van der Waals surface area contributed by atoms with Gasteiger partial charge in [0.05, 0.1) is 11.7 Å². The van der Waals surface area contributed by atoms with Crippen molar-refractivity contribution < 1.29 is 0 Å². The van der Waals surface area contributed by atoms with Crippen LogP contribution in [0.25, 0.3) is 10.8 Å². The van der Waals surface area contributed by atoms with Crippen LogP contribution in [0.3, 0.4) is 0 Å². The summed E-state index contributed by atoms with van der Waals surface area (Å²) in [6.07, 6.45) is 3.06. The SMILES string of the molecule is CCc1ccc(C(c2ccc3ccccc3c2)N2CCNCC2)nc1. The van der Waals surface area contributed by atoms with Crippen LogP contribution in [0, 0.1) is 0 Å². The van der Waals surface area contributed by atoms with Gasteiger partial charge in [0.25, 0.3) is 0 Å². The molecule has 1 atom stereocenters. The summed E-state index contributed by atoms with van der Waals surface area (Å²) in [4.78, 5) is 7.37. The van der Waals surface area contributed by atoms with Crippen molar-refractivity contribution in [3.63, 3.8) is 0 Å². The Hall–Kier alpha value is -2.23. The normalized spacial score (nSPS) is 16.8. The number of hydrogen-bond donors (Lipinski definition) is 1. The Bertz CT molecular complexity index is 835. The third kappa shape index (κ3) is 3.44. The van der Waals surface area contributed by atoms with Gasteiger partial charge in [-0.1, -0.05) is 49.4 Å². The molecule has 2 aromatic carbocycles. The largest absolute Gasteiger partial charge is 0.314 e. The van der Waals surface area contributed by atoms with E-state index in [1.54, 1.807) is 0 Å². The average molecular weight is 331 g/mol. The van der Waals surface area contributed by atoms with Gasteiger partial charge in [0.15, 0.2) is 0 Å². The zero-order chi connectivity index (χ0) is 17.1. The summed E-state index contributed by atoms with van der Waals surface area (Å²) < 4.78 is 0. The van der Waals surface area contributed by atoms with Gasteiger partial charge in [-0.05, 0) is 40.5 Å². The van der Waals surface area contributed by atoms with Crippen molar-refractivity contribution in [2.45, 2.75) is 19.4 Å². The minimum absolute atomic E-state index is 0.220. The van der Waals surface area contributed by atoms with E-state index >= 15 is 0 Å². The number of nitrogens with zero attached hydrogens (tertiary/aromatic N) is 2. The summed E-state index contributed by atoms with van der Waals surface area (Å²) in [6.45, 7) is 6.35. The molecule has 0 aliphatic carbocycles. The van der Waals surface area contributed by atoms with Gasteiger partial charge < -0.3 is 5.32 Å². The van der Waals surface area contributed by atoms with E-state index in [-0.39, 0.29) is 6.04 Å². The second kappa shape index (κ2) is 7.34. The van der Waals surface area contributed by atoms with Crippen LogP contribution in [-0.4, -0.2) is 36.1 Å². The number of aryl methyl sites for hydroxylation is 1. The molecule has 1 unspecified atom stereocenters. The lowest BCUT2D eigenvalue weighted by Gasteiger charge is -2.35. The standard InChI is InChI=1S/C22H25N3/c1-2-17-7-10-21(24-16-17)22(25-13-11-23-12-14-25)20-9-8-18-5-3-4-6-19(18)15-20/h3-10,15-16,22-23H,2,11-14H2,1H3. The van der Waals surface area contributed by atoms with E-state index in [4.69, 9.17) is 4.98 Å². The predicted octanol–water partition coefficient (Wildman–Crippen LogP) is 3.79. The molecule has 0 saturated carbocycles. The monoisotopic (exact) mass is 331 g/mol. The molecular weight excluding hydrogens is 306 g/mol. The van der Waals surface area contributed by atoms with Gasteiger partial charge in [-0.2, -0.15) is 0 Å². The van der Waals surface area contributed by atoms with Crippen molar-refractivity contribution in [1.29, 1.82) is 0 Å². The van der Waals surface area contributed by atoms with Crippen LogP contribution >= 0.6 is 0 Å². The fraction of sp³-hybridized carbons (Fsp3) is 0.318. The number of benzene rings is 2. The maximum Gasteiger partial charge on any atom is 0.0777 e. The van der Waals surface area contributed by atoms with Crippen LogP contribution in [-0.2, 0) is 6.42 Å². The van der Waals surface area contributed by atoms with Crippen LogP contribution < -0.4 is 5.32 Å². The van der Waals surface area contributed by atoms with Crippen molar-refractivity contribution >= 4 is 10.8 Å². The van der Waals surface area contributed by atoms with E-state index in [9.17, 15) is 0 Å². The Morgan fingerprint density at radius 3 is 2.52 bits per heavy atom. The van der Waals surface area contributed by atoms with Crippen LogP contribution in [0.4, 0.5) is 0 Å². The smallest absolute Gasteiger partial charge is 0.0777 e. The van der Waals surface area contributed by atoms with Gasteiger partial charge in [0.2, 0.25) is 0 Å². The first kappa shape index (κ1) is 16.2. The van der Waals surface area contributed by atoms with Crippen LogP contribution in [0.1, 0.15) is 29.8 Å². The highest BCUT2D eigenvalue weighted by Gasteiger charge is 2.25. The summed E-state index contributed by atoms with van der Waals surface area (Å²) in [7, 11) is 0. The minimum atomic E-state index is 0.220. The van der Waals surface area contributed by atoms with E-state index in [1.165, 1.54) is 21.9 Å². The van der Waals surface area contributed by atoms with E-state index in [2.05, 4.69) is 71.7 Å². The Labute approximate surface area is 149 Å². The highest BCUT2D eigenvalue weighted by molar-refractivity contribution is 5.83.